The maximum Gasteiger partial charge on any atom is 0.00366 e. The maximum atomic E-state index is 4.05. The smallest absolute Gasteiger partial charge is 0.00366 e. The predicted octanol–water partition coefficient (Wildman–Crippen LogP) is 11.4. The Morgan fingerprint density at radius 2 is 0.865 bits per heavy atom. The van der Waals surface area contributed by atoms with Gasteiger partial charge in [0.05, 0.1) is 0 Å². The van der Waals surface area contributed by atoms with Crippen molar-refractivity contribution in [3.05, 3.63) is 81.1 Å². The SMILES string of the molecule is C[CH-]C.C[CH-]C.C[CH-]C.C[CH-]C.[CH2-]C([CH2-])N(C)C(C)C.[CH2-]C1CN(C(C)C)CC1[CH2-].[CH2-]CC([CH2-])N(C)C(C)C.[CH2-]CCN(C[CH2-])C(C)C.[W].[W].[W].[W]. The normalized spacial score (nSPS) is 14.7. The number of hydrogen-bond acceptors (Lipinski definition) is 4. The molecule has 0 radical (unpaired) electrons. The molecule has 0 aromatic carbocycles. The van der Waals surface area contributed by atoms with E-state index in [4.69, 9.17) is 0 Å². The standard InChI is InChI=1S/C9H17N.2C8H17N.C7H15N.4C3H7.4W/c1-7(2)10-5-8(3)9(4)6-10;1-6-8(4)9(5)7(2)3;1-5-7-9(6-2)8(3)4;1-6(2)8(5)7(3)4;4*1-3-2;;;;/h7-9H,3-6H2,1-2H3;7-8H,1,4,6H2,2-3,5H3;8H,1-2,5-7H2,3-4H3;6-7H,1-2H2,3-5H3;4*3H,1-2H3;;;;/q4*-2;4*-1;;;;. The van der Waals surface area contributed by atoms with Crippen LogP contribution in [-0.4, -0.2) is 96.1 Å². The second kappa shape index (κ2) is 62.8. The van der Waals surface area contributed by atoms with Gasteiger partial charge < -0.3 is 101 Å². The average molecular weight is 1410 g/mol. The molecule has 0 N–H and O–H groups in total. The molecule has 0 saturated carbocycles. The molecule has 3 unspecified atom stereocenters. The van der Waals surface area contributed by atoms with E-state index in [2.05, 4.69) is 137 Å². The van der Waals surface area contributed by atoms with E-state index < -0.39 is 0 Å². The van der Waals surface area contributed by atoms with Crippen LogP contribution in [0.15, 0.2) is 0 Å². The van der Waals surface area contributed by atoms with Gasteiger partial charge in [-0.2, -0.15) is 80.1 Å². The molecule has 1 heterocycles. The van der Waals surface area contributed by atoms with E-state index >= 15 is 0 Å². The molecule has 0 bridgehead atoms. The summed E-state index contributed by atoms with van der Waals surface area (Å²) in [6, 6.07) is 2.95. The summed E-state index contributed by atoms with van der Waals surface area (Å²) in [4.78, 5) is 9.06. The van der Waals surface area contributed by atoms with E-state index in [1.165, 1.54) is 0 Å². The molecule has 1 aliphatic rings. The Labute approximate surface area is 393 Å². The molecular weight excluding hydrogens is 1320 g/mol. The summed E-state index contributed by atoms with van der Waals surface area (Å²) in [6.07, 6.45) is 9.86. The van der Waals surface area contributed by atoms with Gasteiger partial charge in [-0.1, -0.05) is 13.8 Å². The Balaban J connectivity index is -0.0000000425. The fraction of sp³-hybridized carbons (Fsp3) is 0.727. The zero-order valence-electron chi connectivity index (χ0n) is 38.2. The van der Waals surface area contributed by atoms with Gasteiger partial charge in [0.2, 0.25) is 0 Å². The topological polar surface area (TPSA) is 13.0 Å². The Bertz CT molecular complexity index is 506. The van der Waals surface area contributed by atoms with Crippen molar-refractivity contribution in [2.75, 3.05) is 40.3 Å². The third kappa shape index (κ3) is 67.3. The minimum Gasteiger partial charge on any atom is -0.359 e. The first-order chi connectivity index (χ1) is 22.1. The number of hydrogen-bond donors (Lipinski definition) is 0. The van der Waals surface area contributed by atoms with E-state index in [-0.39, 0.29) is 90.3 Å². The third-order valence-corrected chi connectivity index (χ3v) is 6.91. The van der Waals surface area contributed by atoms with Crippen LogP contribution in [0.1, 0.15) is 124 Å². The predicted molar refractivity (Wildman–Crippen MR) is 228 cm³/mol. The minimum atomic E-state index is 0. The Morgan fingerprint density at radius 3 is 0.942 bits per heavy atom. The molecule has 1 fully saturated rings. The van der Waals surface area contributed by atoms with E-state index in [1.54, 1.807) is 0 Å². The van der Waals surface area contributed by atoms with E-state index in [0.717, 1.165) is 39.0 Å². The van der Waals surface area contributed by atoms with Gasteiger partial charge in [-0.25, -0.2) is 6.04 Å². The van der Waals surface area contributed by atoms with Crippen LogP contribution in [0.25, 0.3) is 0 Å². The summed E-state index contributed by atoms with van der Waals surface area (Å²) in [5, 5.41) is 0. The molecule has 0 spiro atoms. The molecule has 1 rings (SSSR count). The zero-order valence-corrected chi connectivity index (χ0v) is 50.0. The quantitative estimate of drug-likeness (QED) is 0.202. The van der Waals surface area contributed by atoms with Crippen molar-refractivity contribution in [3.8, 4) is 0 Å². The molecule has 0 aromatic rings. The van der Waals surface area contributed by atoms with Crippen LogP contribution in [0.3, 0.4) is 0 Å². The molecule has 1 aliphatic heterocycles. The molecular formula is C44H94N4W4-12. The van der Waals surface area contributed by atoms with Gasteiger partial charge in [-0.05, 0) is 81.3 Å². The Hall–Kier alpha value is 2.59. The number of rotatable bonds is 10. The van der Waals surface area contributed by atoms with Crippen molar-refractivity contribution < 1.29 is 84.3 Å². The van der Waals surface area contributed by atoms with Crippen LogP contribution in [0.4, 0.5) is 0 Å². The molecule has 3 atom stereocenters. The Morgan fingerprint density at radius 1 is 0.577 bits per heavy atom. The van der Waals surface area contributed by atoms with Gasteiger partial charge >= 0.3 is 0 Å². The summed E-state index contributed by atoms with van der Waals surface area (Å²) < 4.78 is 0. The summed E-state index contributed by atoms with van der Waals surface area (Å²) in [7, 11) is 4.10. The molecule has 326 valence electrons. The van der Waals surface area contributed by atoms with Gasteiger partial charge in [0, 0.05) is 102 Å². The number of likely N-dealkylation sites (tertiary alicyclic amines) is 1. The van der Waals surface area contributed by atoms with E-state index in [0.29, 0.717) is 42.0 Å². The molecule has 4 nitrogen and oxygen atoms in total. The molecule has 0 aromatic heterocycles. The van der Waals surface area contributed by atoms with Crippen molar-refractivity contribution in [1.82, 2.24) is 19.6 Å². The average Bonchev–Trinajstić information content (AvgIpc) is 3.35. The second-order valence-corrected chi connectivity index (χ2v) is 13.5. The van der Waals surface area contributed by atoms with Crippen LogP contribution in [0.5, 0.6) is 0 Å². The Kier molecular flexibility index (Phi) is 99.6. The summed E-state index contributed by atoms with van der Waals surface area (Å²) in [5.74, 6) is 1.09. The van der Waals surface area contributed by atoms with Crippen molar-refractivity contribution >= 4 is 0 Å². The van der Waals surface area contributed by atoms with Crippen molar-refractivity contribution in [1.29, 1.82) is 0 Å². The van der Waals surface area contributed by atoms with Crippen molar-refractivity contribution in [3.63, 3.8) is 0 Å². The van der Waals surface area contributed by atoms with Crippen LogP contribution in [0, 0.1) is 92.9 Å². The monoisotopic (exact) mass is 1410 g/mol. The van der Waals surface area contributed by atoms with Gasteiger partial charge in [0.15, 0.2) is 0 Å². The van der Waals surface area contributed by atoms with Gasteiger partial charge in [0.25, 0.3) is 0 Å². The first-order valence-corrected chi connectivity index (χ1v) is 18.5. The van der Waals surface area contributed by atoms with Crippen molar-refractivity contribution in [2.45, 2.75) is 160 Å². The zero-order chi connectivity index (χ0) is 40.0. The molecule has 0 aliphatic carbocycles. The van der Waals surface area contributed by atoms with Gasteiger partial charge in [0.1, 0.15) is 0 Å². The number of nitrogens with zero attached hydrogens (tertiary/aromatic N) is 4. The molecule has 8 heteroatoms. The molecule has 0 amide bonds. The molecule has 52 heavy (non-hydrogen) atoms. The maximum absolute atomic E-state index is 4.05. The largest absolute Gasteiger partial charge is 0.359 e. The summed E-state index contributed by atoms with van der Waals surface area (Å²) in [5.41, 5.74) is 0. The molecule has 1 saturated heterocycles. The first kappa shape index (κ1) is 82.5. The first-order valence-electron chi connectivity index (χ1n) is 18.5. The minimum absolute atomic E-state index is 0. The van der Waals surface area contributed by atoms with Gasteiger partial charge in [-0.15, -0.1) is 12.6 Å². The van der Waals surface area contributed by atoms with Crippen LogP contribution >= 0.6 is 0 Å². The summed E-state index contributed by atoms with van der Waals surface area (Å²) in [6.45, 7) is 68.6. The van der Waals surface area contributed by atoms with Crippen LogP contribution in [-0.2, 0) is 84.3 Å². The fourth-order valence-electron chi connectivity index (χ4n) is 3.27. The van der Waals surface area contributed by atoms with Crippen molar-refractivity contribution in [2.24, 2.45) is 11.8 Å². The van der Waals surface area contributed by atoms with E-state index in [9.17, 15) is 0 Å². The fourth-order valence-corrected chi connectivity index (χ4v) is 3.27. The summed E-state index contributed by atoms with van der Waals surface area (Å²) >= 11 is 0. The van der Waals surface area contributed by atoms with Crippen LogP contribution < -0.4 is 0 Å². The van der Waals surface area contributed by atoms with Crippen LogP contribution in [0.2, 0.25) is 0 Å². The van der Waals surface area contributed by atoms with Gasteiger partial charge in [-0.3, -0.25) is 0 Å². The second-order valence-electron chi connectivity index (χ2n) is 13.5. The van der Waals surface area contributed by atoms with E-state index in [1.807, 2.05) is 88.1 Å². The third-order valence-electron chi connectivity index (χ3n) is 6.91.